The van der Waals surface area contributed by atoms with E-state index in [9.17, 15) is 0 Å². The minimum Gasteiger partial charge on any atom is -0.373 e. The lowest BCUT2D eigenvalue weighted by Crippen LogP contribution is -2.12. The summed E-state index contributed by atoms with van der Waals surface area (Å²) in [6, 6.07) is 18.1. The summed E-state index contributed by atoms with van der Waals surface area (Å²) in [5.41, 5.74) is 5.53. The number of ether oxygens (including phenoxy) is 1. The Kier molecular flexibility index (Phi) is 6.85. The predicted octanol–water partition coefficient (Wildman–Crippen LogP) is 6.86. The summed E-state index contributed by atoms with van der Waals surface area (Å²) in [5, 5.41) is 0. The Morgan fingerprint density at radius 2 is 1.42 bits per heavy atom. The van der Waals surface area contributed by atoms with Crippen molar-refractivity contribution in [3.8, 4) is 0 Å². The van der Waals surface area contributed by atoms with E-state index >= 15 is 0 Å². The van der Waals surface area contributed by atoms with Gasteiger partial charge in [0, 0.05) is 0 Å². The normalized spacial score (nSPS) is 20.3. The molecule has 136 valence electrons. The van der Waals surface area contributed by atoms with Crippen LogP contribution in [0.15, 0.2) is 67.3 Å². The highest BCUT2D eigenvalue weighted by atomic mass is 16.5. The first kappa shape index (κ1) is 18.7. The summed E-state index contributed by atoms with van der Waals surface area (Å²) in [4.78, 5) is 0. The van der Waals surface area contributed by atoms with Gasteiger partial charge in [0.1, 0.15) is 0 Å². The zero-order valence-corrected chi connectivity index (χ0v) is 15.9. The zero-order valence-electron chi connectivity index (χ0n) is 15.9. The maximum absolute atomic E-state index is 5.52. The quantitative estimate of drug-likeness (QED) is 0.393. The van der Waals surface area contributed by atoms with Crippen molar-refractivity contribution in [1.29, 1.82) is 0 Å². The maximum Gasteiger partial charge on any atom is 0.0721 e. The second-order valence-corrected chi connectivity index (χ2v) is 7.26. The van der Waals surface area contributed by atoms with Crippen molar-refractivity contribution in [3.05, 3.63) is 89.5 Å². The third-order valence-electron chi connectivity index (χ3n) is 5.45. The van der Waals surface area contributed by atoms with Crippen LogP contribution in [0.2, 0.25) is 0 Å². The van der Waals surface area contributed by atoms with Crippen LogP contribution in [0, 0.1) is 0 Å². The van der Waals surface area contributed by atoms with Gasteiger partial charge in [-0.3, -0.25) is 0 Å². The van der Waals surface area contributed by atoms with Crippen LogP contribution >= 0.6 is 0 Å². The van der Waals surface area contributed by atoms with Gasteiger partial charge in [-0.05, 0) is 66.7 Å². The smallest absolute Gasteiger partial charge is 0.0721 e. The Hall–Kier alpha value is -2.12. The van der Waals surface area contributed by atoms with Gasteiger partial charge in [0.15, 0.2) is 0 Å². The highest BCUT2D eigenvalue weighted by Gasteiger charge is 2.23. The molecule has 3 rings (SSSR count). The van der Waals surface area contributed by atoms with Gasteiger partial charge in [-0.2, -0.15) is 0 Å². The molecule has 0 aromatic heterocycles. The molecule has 0 heterocycles. The Labute approximate surface area is 158 Å². The van der Waals surface area contributed by atoms with Crippen molar-refractivity contribution in [2.75, 3.05) is 6.61 Å². The van der Waals surface area contributed by atoms with Crippen LogP contribution in [-0.2, 0) is 11.3 Å². The molecule has 0 N–H and O–H groups in total. The highest BCUT2D eigenvalue weighted by Crippen LogP contribution is 2.40. The number of benzene rings is 2. The fourth-order valence-electron chi connectivity index (χ4n) is 3.98. The van der Waals surface area contributed by atoms with Gasteiger partial charge >= 0.3 is 0 Å². The fraction of sp³-hybridized carbons (Fsp3) is 0.360. The summed E-state index contributed by atoms with van der Waals surface area (Å²) in [6.07, 6.45) is 11.2. The maximum atomic E-state index is 5.52. The molecule has 0 unspecified atom stereocenters. The van der Waals surface area contributed by atoms with E-state index in [1.807, 2.05) is 0 Å². The minimum absolute atomic E-state index is 0.613. The van der Waals surface area contributed by atoms with Crippen molar-refractivity contribution in [2.45, 2.75) is 51.0 Å². The van der Waals surface area contributed by atoms with Crippen molar-refractivity contribution in [1.82, 2.24) is 0 Å². The molecule has 2 aromatic carbocycles. The van der Waals surface area contributed by atoms with E-state index in [4.69, 9.17) is 4.74 Å². The van der Waals surface area contributed by atoms with Gasteiger partial charge in [0.25, 0.3) is 0 Å². The molecule has 1 aliphatic carbocycles. The first-order chi connectivity index (χ1) is 12.8. The Bertz CT molecular complexity index is 701. The summed E-state index contributed by atoms with van der Waals surface area (Å²) < 4.78 is 5.52. The SMILES string of the molecule is C=CCOCc1ccc([C@H]2CC[C@H](c3ccc(C=CC)cc3)CC2)cc1. The van der Waals surface area contributed by atoms with Crippen molar-refractivity contribution < 1.29 is 4.74 Å². The summed E-state index contributed by atoms with van der Waals surface area (Å²) in [5.74, 6) is 1.43. The number of allylic oxidation sites excluding steroid dienone is 1. The molecule has 1 nitrogen and oxygen atoms in total. The second-order valence-electron chi connectivity index (χ2n) is 7.26. The third kappa shape index (κ3) is 4.95. The van der Waals surface area contributed by atoms with E-state index in [0.29, 0.717) is 19.1 Å². The predicted molar refractivity (Wildman–Crippen MR) is 111 cm³/mol. The van der Waals surface area contributed by atoms with Crippen LogP contribution < -0.4 is 0 Å². The molecule has 0 saturated heterocycles. The molecule has 0 radical (unpaired) electrons. The Balaban J connectivity index is 1.53. The van der Waals surface area contributed by atoms with Crippen LogP contribution in [0.5, 0.6) is 0 Å². The lowest BCUT2D eigenvalue weighted by Gasteiger charge is -2.29. The van der Waals surface area contributed by atoms with Crippen LogP contribution in [0.25, 0.3) is 6.08 Å². The van der Waals surface area contributed by atoms with Crippen molar-refractivity contribution >= 4 is 6.08 Å². The largest absolute Gasteiger partial charge is 0.373 e. The van der Waals surface area contributed by atoms with Gasteiger partial charge in [-0.1, -0.05) is 66.8 Å². The highest BCUT2D eigenvalue weighted by molar-refractivity contribution is 5.49. The van der Waals surface area contributed by atoms with E-state index < -0.39 is 0 Å². The van der Waals surface area contributed by atoms with Crippen LogP contribution in [0.1, 0.15) is 66.7 Å². The van der Waals surface area contributed by atoms with Crippen LogP contribution in [0.4, 0.5) is 0 Å². The molecule has 1 heteroatoms. The van der Waals surface area contributed by atoms with E-state index in [0.717, 1.165) is 5.92 Å². The zero-order chi connectivity index (χ0) is 18.2. The average molecular weight is 347 g/mol. The third-order valence-corrected chi connectivity index (χ3v) is 5.45. The monoisotopic (exact) mass is 346 g/mol. The molecule has 1 fully saturated rings. The average Bonchev–Trinajstić information content (AvgIpc) is 2.70. The molecule has 1 saturated carbocycles. The van der Waals surface area contributed by atoms with E-state index in [1.54, 1.807) is 6.08 Å². The van der Waals surface area contributed by atoms with Crippen molar-refractivity contribution in [3.63, 3.8) is 0 Å². The lowest BCUT2D eigenvalue weighted by molar-refractivity contribution is 0.149. The lowest BCUT2D eigenvalue weighted by atomic mass is 9.76. The molecule has 26 heavy (non-hydrogen) atoms. The van der Waals surface area contributed by atoms with Gasteiger partial charge in [-0.25, -0.2) is 0 Å². The first-order valence-electron chi connectivity index (χ1n) is 9.80. The molecule has 2 aromatic rings. The molecule has 0 amide bonds. The first-order valence-corrected chi connectivity index (χ1v) is 9.80. The standard InChI is InChI=1S/C25H30O/c1-3-5-20-6-10-22(11-7-20)24-14-16-25(17-15-24)23-12-8-21(9-13-23)19-26-18-4-2/h3-13,24-25H,2,14-19H2,1H3/t24-,25-. The molecule has 0 bridgehead atoms. The van der Waals surface area contributed by atoms with Gasteiger partial charge in [-0.15, -0.1) is 6.58 Å². The van der Waals surface area contributed by atoms with Gasteiger partial charge < -0.3 is 4.74 Å². The molecule has 0 atom stereocenters. The van der Waals surface area contributed by atoms with Gasteiger partial charge in [0.05, 0.1) is 13.2 Å². The number of rotatable bonds is 7. The molecule has 0 aliphatic heterocycles. The molecular formula is C25H30O. The number of hydrogen-bond donors (Lipinski definition) is 0. The van der Waals surface area contributed by atoms with E-state index in [-0.39, 0.29) is 0 Å². The molecule has 0 spiro atoms. The Morgan fingerprint density at radius 3 is 1.92 bits per heavy atom. The Morgan fingerprint density at radius 1 is 0.885 bits per heavy atom. The molecule has 1 aliphatic rings. The van der Waals surface area contributed by atoms with Crippen LogP contribution in [0.3, 0.4) is 0 Å². The molecular weight excluding hydrogens is 316 g/mol. The topological polar surface area (TPSA) is 9.23 Å². The van der Waals surface area contributed by atoms with Crippen LogP contribution in [-0.4, -0.2) is 6.61 Å². The van der Waals surface area contributed by atoms with Crippen molar-refractivity contribution in [2.24, 2.45) is 0 Å². The number of hydrogen-bond acceptors (Lipinski definition) is 1. The minimum atomic E-state index is 0.613. The second kappa shape index (κ2) is 9.54. The summed E-state index contributed by atoms with van der Waals surface area (Å²) in [6.45, 7) is 7.03. The fourth-order valence-corrected chi connectivity index (χ4v) is 3.98. The van der Waals surface area contributed by atoms with Gasteiger partial charge in [0.2, 0.25) is 0 Å². The summed E-state index contributed by atoms with van der Waals surface area (Å²) >= 11 is 0. The van der Waals surface area contributed by atoms with E-state index in [2.05, 4.69) is 74.2 Å². The summed E-state index contributed by atoms with van der Waals surface area (Å²) in [7, 11) is 0. The van der Waals surface area contributed by atoms with E-state index in [1.165, 1.54) is 47.9 Å².